The second kappa shape index (κ2) is 7.89. The first-order chi connectivity index (χ1) is 11.6. The van der Waals surface area contributed by atoms with Gasteiger partial charge in [0.25, 0.3) is 5.69 Å². The van der Waals surface area contributed by atoms with Gasteiger partial charge in [0.05, 0.1) is 26.9 Å². The summed E-state index contributed by atoms with van der Waals surface area (Å²) in [7, 11) is 0. The average Bonchev–Trinajstić information content (AvgIpc) is 2.51. The van der Waals surface area contributed by atoms with Crippen LogP contribution in [0.25, 0.3) is 0 Å². The molecular formula is C12H5I3N4O6. The Morgan fingerprint density at radius 1 is 0.760 bits per heavy atom. The fourth-order valence-electron chi connectivity index (χ4n) is 1.89. The molecule has 0 fully saturated rings. The molecule has 2 rings (SSSR count). The molecule has 25 heavy (non-hydrogen) atoms. The number of hydrogen-bond donors (Lipinski definition) is 1. The summed E-state index contributed by atoms with van der Waals surface area (Å²) < 4.78 is 2.66. The Labute approximate surface area is 180 Å². The van der Waals surface area contributed by atoms with Crippen LogP contribution < -0.4 is 5.32 Å². The number of nitro benzene ring substituents is 3. The fourth-order valence-corrected chi connectivity index (χ4v) is 3.97. The molecule has 130 valence electrons. The number of non-ortho nitro benzene ring substituents is 1. The van der Waals surface area contributed by atoms with Gasteiger partial charge in [0.1, 0.15) is 0 Å². The maximum atomic E-state index is 11.3. The first-order valence-electron chi connectivity index (χ1n) is 6.14. The highest BCUT2D eigenvalue weighted by Crippen LogP contribution is 2.40. The van der Waals surface area contributed by atoms with Crippen molar-refractivity contribution in [3.05, 3.63) is 65.3 Å². The Morgan fingerprint density at radius 3 is 1.56 bits per heavy atom. The second-order valence-electron chi connectivity index (χ2n) is 4.51. The fraction of sp³-hybridized carbons (Fsp3) is 0. The third-order valence-electron chi connectivity index (χ3n) is 2.94. The molecule has 0 unspecified atom stereocenters. The zero-order valence-corrected chi connectivity index (χ0v) is 18.2. The van der Waals surface area contributed by atoms with Crippen molar-refractivity contribution in [2.45, 2.75) is 0 Å². The third-order valence-corrected chi connectivity index (χ3v) is 7.87. The van der Waals surface area contributed by atoms with E-state index in [1.54, 1.807) is 12.1 Å². The molecule has 10 nitrogen and oxygen atoms in total. The van der Waals surface area contributed by atoms with E-state index in [9.17, 15) is 30.3 Å². The van der Waals surface area contributed by atoms with Gasteiger partial charge in [0, 0.05) is 16.4 Å². The minimum Gasteiger partial charge on any atom is -0.344 e. The van der Waals surface area contributed by atoms with Gasteiger partial charge in [0.2, 0.25) is 0 Å². The topological polar surface area (TPSA) is 141 Å². The van der Waals surface area contributed by atoms with Crippen LogP contribution in [0.1, 0.15) is 0 Å². The van der Waals surface area contributed by atoms with E-state index in [2.05, 4.69) is 73.1 Å². The lowest BCUT2D eigenvalue weighted by Gasteiger charge is -2.10. The molecule has 1 N–H and O–H groups in total. The van der Waals surface area contributed by atoms with Crippen LogP contribution in [0.2, 0.25) is 0 Å². The van der Waals surface area contributed by atoms with Gasteiger partial charge in [0.15, 0.2) is 5.69 Å². The van der Waals surface area contributed by atoms with Crippen LogP contribution in [-0.2, 0) is 0 Å². The molecule has 0 heterocycles. The average molecular weight is 682 g/mol. The van der Waals surface area contributed by atoms with Crippen LogP contribution in [0, 0.1) is 41.1 Å². The molecule has 0 aromatic heterocycles. The van der Waals surface area contributed by atoms with Crippen LogP contribution in [0.5, 0.6) is 0 Å². The summed E-state index contributed by atoms with van der Waals surface area (Å²) >= 11 is 6.26. The van der Waals surface area contributed by atoms with Crippen molar-refractivity contribution in [1.29, 1.82) is 0 Å². The number of anilines is 2. The second-order valence-corrected chi connectivity index (χ2v) is 7.91. The highest BCUT2D eigenvalue weighted by Gasteiger charge is 2.30. The molecular weight excluding hydrogens is 677 g/mol. The van der Waals surface area contributed by atoms with Crippen molar-refractivity contribution in [2.24, 2.45) is 0 Å². The number of halogens is 3. The van der Waals surface area contributed by atoms with E-state index in [0.29, 0.717) is 17.8 Å². The van der Waals surface area contributed by atoms with Crippen molar-refractivity contribution in [3.63, 3.8) is 0 Å². The summed E-state index contributed by atoms with van der Waals surface area (Å²) in [5.74, 6) is 0. The van der Waals surface area contributed by atoms with Gasteiger partial charge in [-0.2, -0.15) is 0 Å². The molecule has 0 aliphatic carbocycles. The first kappa shape index (κ1) is 19.9. The van der Waals surface area contributed by atoms with Crippen LogP contribution in [0.3, 0.4) is 0 Å². The van der Waals surface area contributed by atoms with Crippen LogP contribution in [0.4, 0.5) is 28.4 Å². The summed E-state index contributed by atoms with van der Waals surface area (Å²) in [4.78, 5) is 30.7. The molecule has 0 saturated carbocycles. The van der Waals surface area contributed by atoms with Crippen LogP contribution in [0.15, 0.2) is 24.3 Å². The SMILES string of the molecule is O=[N+]([O-])c1cc([N+](=O)[O-])c(Nc2cc(I)c(I)c(I)c2)c([N+](=O)[O-])c1. The van der Waals surface area contributed by atoms with Gasteiger partial charge in [-0.05, 0) is 79.9 Å². The summed E-state index contributed by atoms with van der Waals surface area (Å²) in [6.45, 7) is 0. The standard InChI is InChI=1S/C12H5I3N4O6/c13-7-1-5(2-8(14)11(7)15)16-12-9(18(22)23)3-6(17(20)21)4-10(12)19(24)25/h1-4,16H. The largest absolute Gasteiger partial charge is 0.344 e. The predicted molar refractivity (Wildman–Crippen MR) is 114 cm³/mol. The molecule has 0 atom stereocenters. The minimum absolute atomic E-state index is 0.397. The molecule has 0 radical (unpaired) electrons. The van der Waals surface area contributed by atoms with Crippen molar-refractivity contribution in [1.82, 2.24) is 0 Å². The molecule has 0 amide bonds. The van der Waals surface area contributed by atoms with Crippen molar-refractivity contribution in [2.75, 3.05) is 5.32 Å². The van der Waals surface area contributed by atoms with Crippen LogP contribution in [-0.4, -0.2) is 14.8 Å². The molecule has 0 aliphatic heterocycles. The van der Waals surface area contributed by atoms with Gasteiger partial charge in [-0.3, -0.25) is 30.3 Å². The lowest BCUT2D eigenvalue weighted by Crippen LogP contribution is -2.04. The molecule has 2 aromatic rings. The molecule has 0 aliphatic rings. The Balaban J connectivity index is 2.69. The third kappa shape index (κ3) is 4.43. The molecule has 13 heteroatoms. The van der Waals surface area contributed by atoms with E-state index < -0.39 is 37.5 Å². The smallest absolute Gasteiger partial charge is 0.306 e. The normalized spacial score (nSPS) is 10.4. The minimum atomic E-state index is -0.916. The maximum Gasteiger partial charge on any atom is 0.306 e. The van der Waals surface area contributed by atoms with Crippen molar-refractivity contribution in [3.8, 4) is 0 Å². The van der Waals surface area contributed by atoms with E-state index in [-0.39, 0.29) is 0 Å². The number of rotatable bonds is 5. The van der Waals surface area contributed by atoms with Gasteiger partial charge >= 0.3 is 11.4 Å². The lowest BCUT2D eigenvalue weighted by molar-refractivity contribution is -0.401. The number of nitrogens with zero attached hydrogens (tertiary/aromatic N) is 3. The predicted octanol–water partition coefficient (Wildman–Crippen LogP) is 4.97. The molecule has 2 aromatic carbocycles. The van der Waals surface area contributed by atoms with Crippen LogP contribution >= 0.6 is 67.8 Å². The Bertz CT molecular complexity index is 862. The van der Waals surface area contributed by atoms with E-state index in [4.69, 9.17) is 0 Å². The van der Waals surface area contributed by atoms with E-state index >= 15 is 0 Å². The van der Waals surface area contributed by atoms with Gasteiger partial charge < -0.3 is 5.32 Å². The molecule has 0 saturated heterocycles. The van der Waals surface area contributed by atoms with Crippen molar-refractivity contribution >= 4 is 96.2 Å². The zero-order valence-electron chi connectivity index (χ0n) is 11.7. The summed E-state index contributed by atoms with van der Waals surface area (Å²) in [5.41, 5.74) is -2.23. The number of nitro groups is 3. The van der Waals surface area contributed by atoms with E-state index in [1.807, 2.05) is 0 Å². The van der Waals surface area contributed by atoms with E-state index in [0.717, 1.165) is 10.7 Å². The Kier molecular flexibility index (Phi) is 6.30. The summed E-state index contributed by atoms with van der Waals surface area (Å²) in [6, 6.07) is 4.72. The summed E-state index contributed by atoms with van der Waals surface area (Å²) in [5, 5.41) is 36.1. The van der Waals surface area contributed by atoms with Crippen molar-refractivity contribution < 1.29 is 14.8 Å². The monoisotopic (exact) mass is 682 g/mol. The maximum absolute atomic E-state index is 11.3. The summed E-state index contributed by atoms with van der Waals surface area (Å²) in [6.07, 6.45) is 0. The number of benzene rings is 2. The number of hydrogen-bond acceptors (Lipinski definition) is 7. The van der Waals surface area contributed by atoms with Gasteiger partial charge in [-0.15, -0.1) is 0 Å². The Hall–Kier alpha value is -1.37. The molecule has 0 spiro atoms. The van der Waals surface area contributed by atoms with Gasteiger partial charge in [-0.1, -0.05) is 0 Å². The quantitative estimate of drug-likeness (QED) is 0.203. The molecule has 0 bridgehead atoms. The first-order valence-corrected chi connectivity index (χ1v) is 9.38. The zero-order chi connectivity index (χ0) is 18.9. The highest BCUT2D eigenvalue weighted by atomic mass is 127. The lowest BCUT2D eigenvalue weighted by atomic mass is 10.2. The van der Waals surface area contributed by atoms with E-state index in [1.165, 1.54) is 0 Å². The Morgan fingerprint density at radius 2 is 1.20 bits per heavy atom. The number of nitrogens with one attached hydrogen (secondary N) is 1. The van der Waals surface area contributed by atoms with Gasteiger partial charge in [-0.25, -0.2) is 0 Å². The highest BCUT2D eigenvalue weighted by molar-refractivity contribution is 14.1.